The maximum Gasteiger partial charge on any atom is 0.273 e. The highest BCUT2D eigenvalue weighted by Crippen LogP contribution is 2.46. The second-order valence-corrected chi connectivity index (χ2v) is 11.8. The van der Waals surface area contributed by atoms with Gasteiger partial charge in [-0.3, -0.25) is 14.3 Å². The van der Waals surface area contributed by atoms with Crippen molar-refractivity contribution in [1.29, 1.82) is 0 Å². The van der Waals surface area contributed by atoms with Crippen molar-refractivity contribution in [3.8, 4) is 5.75 Å². The average Bonchev–Trinajstić information content (AvgIpc) is 3.60. The summed E-state index contributed by atoms with van der Waals surface area (Å²) in [5.41, 5.74) is 0.326. The van der Waals surface area contributed by atoms with Crippen molar-refractivity contribution in [3.63, 3.8) is 0 Å². The molecule has 1 aliphatic heterocycles. The molecule has 39 heavy (non-hydrogen) atoms. The molecule has 1 atom stereocenters. The van der Waals surface area contributed by atoms with Crippen LogP contribution < -0.4 is 15.4 Å². The fourth-order valence-electron chi connectivity index (χ4n) is 5.38. The molecule has 0 spiro atoms. The number of fused-ring (bicyclic) bond motifs is 1. The molecule has 2 heterocycles. The number of methoxy groups -OCH3 is 1. The molecule has 1 aliphatic carbocycles. The lowest BCUT2D eigenvalue weighted by Gasteiger charge is -2.32. The first-order valence-electron chi connectivity index (χ1n) is 13.6. The van der Waals surface area contributed by atoms with E-state index in [1.807, 2.05) is 45.0 Å². The molecule has 1 unspecified atom stereocenters. The standard InChI is InChI=1S/C30H37FN4O4/c1-29(2,3)26(28(37)33-30(13-14-30)20-7-5-8-21(17-20)38-4)32-27(36)24-22-9-6-10-23(31)25(22)35(34-24)18-19-11-15-39-16-12-19/h5-10,17,19,26H,11-16,18H2,1-4H3,(H,32,36)(H,33,37). The lowest BCUT2D eigenvalue weighted by atomic mass is 9.85. The van der Waals surface area contributed by atoms with Crippen LogP contribution in [0.3, 0.4) is 0 Å². The Balaban J connectivity index is 1.39. The molecule has 208 valence electrons. The van der Waals surface area contributed by atoms with E-state index in [9.17, 15) is 14.0 Å². The normalized spacial score (nSPS) is 18.0. The van der Waals surface area contributed by atoms with Crippen molar-refractivity contribution in [2.45, 2.75) is 64.6 Å². The molecule has 2 N–H and O–H groups in total. The number of carbonyl (C=O) groups is 2. The van der Waals surface area contributed by atoms with Gasteiger partial charge in [-0.25, -0.2) is 4.39 Å². The van der Waals surface area contributed by atoms with E-state index < -0.39 is 28.7 Å². The van der Waals surface area contributed by atoms with Gasteiger partial charge in [0.2, 0.25) is 5.91 Å². The van der Waals surface area contributed by atoms with Gasteiger partial charge in [-0.2, -0.15) is 5.10 Å². The van der Waals surface area contributed by atoms with Crippen LogP contribution in [0.25, 0.3) is 10.9 Å². The molecule has 2 fully saturated rings. The Morgan fingerprint density at radius 1 is 1.18 bits per heavy atom. The van der Waals surface area contributed by atoms with Crippen molar-refractivity contribution in [3.05, 3.63) is 59.5 Å². The van der Waals surface area contributed by atoms with Gasteiger partial charge in [0.25, 0.3) is 5.91 Å². The van der Waals surface area contributed by atoms with Crippen LogP contribution in [0.2, 0.25) is 0 Å². The summed E-state index contributed by atoms with van der Waals surface area (Å²) in [5.74, 6) is -0.183. The Hall–Kier alpha value is -3.46. The summed E-state index contributed by atoms with van der Waals surface area (Å²) < 4.78 is 27.4. The molecule has 1 aromatic heterocycles. The summed E-state index contributed by atoms with van der Waals surface area (Å²) in [7, 11) is 1.61. The second kappa shape index (κ2) is 10.6. The van der Waals surface area contributed by atoms with Gasteiger partial charge in [-0.05, 0) is 60.8 Å². The minimum absolute atomic E-state index is 0.118. The van der Waals surface area contributed by atoms with Gasteiger partial charge in [0.05, 0.1) is 12.6 Å². The number of carbonyl (C=O) groups excluding carboxylic acids is 2. The predicted octanol–water partition coefficient (Wildman–Crippen LogP) is 4.56. The fraction of sp³-hybridized carbons (Fsp3) is 0.500. The summed E-state index contributed by atoms with van der Waals surface area (Å²) in [6.45, 7) is 7.55. The molecule has 2 aromatic carbocycles. The molecule has 0 radical (unpaired) electrons. The molecule has 8 nitrogen and oxygen atoms in total. The summed E-state index contributed by atoms with van der Waals surface area (Å²) in [4.78, 5) is 27.3. The smallest absolute Gasteiger partial charge is 0.273 e. The number of benzene rings is 2. The quantitative estimate of drug-likeness (QED) is 0.440. The zero-order valence-electron chi connectivity index (χ0n) is 23.1. The van der Waals surface area contributed by atoms with Crippen LogP contribution in [0.4, 0.5) is 4.39 Å². The van der Waals surface area contributed by atoms with E-state index in [2.05, 4.69) is 15.7 Å². The highest BCUT2D eigenvalue weighted by molar-refractivity contribution is 6.06. The first-order valence-corrected chi connectivity index (χ1v) is 13.6. The third-order valence-corrected chi connectivity index (χ3v) is 7.85. The van der Waals surface area contributed by atoms with Crippen LogP contribution >= 0.6 is 0 Å². The zero-order valence-corrected chi connectivity index (χ0v) is 23.1. The maximum absolute atomic E-state index is 15.0. The van der Waals surface area contributed by atoms with E-state index in [1.54, 1.807) is 23.9 Å². The van der Waals surface area contributed by atoms with Crippen LogP contribution in [-0.2, 0) is 21.6 Å². The average molecular weight is 537 g/mol. The van der Waals surface area contributed by atoms with Crippen LogP contribution in [0.5, 0.6) is 5.75 Å². The number of halogens is 1. The number of rotatable bonds is 8. The number of hydrogen-bond acceptors (Lipinski definition) is 5. The van der Waals surface area contributed by atoms with Crippen molar-refractivity contribution < 1.29 is 23.5 Å². The SMILES string of the molecule is COc1cccc(C2(NC(=O)C(NC(=O)c3nn(CC4CCOCC4)c4c(F)cccc34)C(C)(C)C)CC2)c1. The Morgan fingerprint density at radius 3 is 2.56 bits per heavy atom. The van der Waals surface area contributed by atoms with Crippen molar-refractivity contribution in [2.24, 2.45) is 11.3 Å². The predicted molar refractivity (Wildman–Crippen MR) is 146 cm³/mol. The molecule has 3 aromatic rings. The van der Waals surface area contributed by atoms with Gasteiger partial charge in [0, 0.05) is 25.1 Å². The Labute approximate surface area is 228 Å². The second-order valence-electron chi connectivity index (χ2n) is 11.8. The summed E-state index contributed by atoms with van der Waals surface area (Å²) in [5, 5.41) is 11.1. The third-order valence-electron chi connectivity index (χ3n) is 7.85. The van der Waals surface area contributed by atoms with Gasteiger partial charge in [0.15, 0.2) is 5.69 Å². The summed E-state index contributed by atoms with van der Waals surface area (Å²) in [6.07, 6.45) is 3.33. The van der Waals surface area contributed by atoms with E-state index in [4.69, 9.17) is 9.47 Å². The molecular formula is C30H37FN4O4. The van der Waals surface area contributed by atoms with Gasteiger partial charge in [-0.1, -0.05) is 45.0 Å². The van der Waals surface area contributed by atoms with Gasteiger partial charge < -0.3 is 20.1 Å². The van der Waals surface area contributed by atoms with Crippen LogP contribution in [0.1, 0.15) is 62.5 Å². The molecule has 2 amide bonds. The first kappa shape index (κ1) is 27.1. The first-order chi connectivity index (χ1) is 18.6. The zero-order chi connectivity index (χ0) is 27.8. The minimum Gasteiger partial charge on any atom is -0.497 e. The van der Waals surface area contributed by atoms with Gasteiger partial charge >= 0.3 is 0 Å². The number of nitrogens with zero attached hydrogens (tertiary/aromatic N) is 2. The van der Waals surface area contributed by atoms with Crippen molar-refractivity contribution >= 4 is 22.7 Å². The van der Waals surface area contributed by atoms with Crippen LogP contribution in [-0.4, -0.2) is 48.0 Å². The Kier molecular flexibility index (Phi) is 7.37. The Bertz CT molecular complexity index is 1370. The molecule has 1 saturated heterocycles. The van der Waals surface area contributed by atoms with Crippen molar-refractivity contribution in [2.75, 3.05) is 20.3 Å². The number of aromatic nitrogens is 2. The minimum atomic E-state index is -0.836. The lowest BCUT2D eigenvalue weighted by Crippen LogP contribution is -2.55. The molecular weight excluding hydrogens is 499 g/mol. The molecule has 2 aliphatic rings. The van der Waals surface area contributed by atoms with E-state index in [0.29, 0.717) is 30.7 Å². The third kappa shape index (κ3) is 5.64. The summed E-state index contributed by atoms with van der Waals surface area (Å²) in [6, 6.07) is 11.5. The van der Waals surface area contributed by atoms with Crippen molar-refractivity contribution in [1.82, 2.24) is 20.4 Å². The lowest BCUT2D eigenvalue weighted by molar-refractivity contribution is -0.126. The van der Waals surface area contributed by atoms with E-state index in [-0.39, 0.29) is 17.5 Å². The number of amides is 2. The van der Waals surface area contributed by atoms with Gasteiger partial charge in [0.1, 0.15) is 23.1 Å². The number of para-hydroxylation sites is 1. The Morgan fingerprint density at radius 2 is 1.90 bits per heavy atom. The van der Waals surface area contributed by atoms with Crippen LogP contribution in [0, 0.1) is 17.2 Å². The monoisotopic (exact) mass is 536 g/mol. The number of nitrogens with one attached hydrogen (secondary N) is 2. The summed E-state index contributed by atoms with van der Waals surface area (Å²) >= 11 is 0. The number of ether oxygens (including phenoxy) is 2. The van der Waals surface area contributed by atoms with Gasteiger partial charge in [-0.15, -0.1) is 0 Å². The van der Waals surface area contributed by atoms with E-state index in [0.717, 1.165) is 37.0 Å². The number of hydrogen-bond donors (Lipinski definition) is 2. The largest absolute Gasteiger partial charge is 0.497 e. The molecule has 9 heteroatoms. The molecule has 0 bridgehead atoms. The molecule has 5 rings (SSSR count). The van der Waals surface area contributed by atoms with E-state index in [1.165, 1.54) is 6.07 Å². The maximum atomic E-state index is 15.0. The highest BCUT2D eigenvalue weighted by Gasteiger charge is 2.48. The fourth-order valence-corrected chi connectivity index (χ4v) is 5.38. The van der Waals surface area contributed by atoms with E-state index >= 15 is 0 Å². The highest BCUT2D eigenvalue weighted by atomic mass is 19.1. The topological polar surface area (TPSA) is 94.5 Å². The molecule has 1 saturated carbocycles. The van der Waals surface area contributed by atoms with Crippen LogP contribution in [0.15, 0.2) is 42.5 Å².